The Hall–Kier alpha value is -1.05. The number of amides is 1. The van der Waals surface area contributed by atoms with Crippen LogP contribution in [0.2, 0.25) is 0 Å². The first-order valence-electron chi connectivity index (χ1n) is 8.85. The summed E-state index contributed by atoms with van der Waals surface area (Å²) in [6.07, 6.45) is 17.7. The maximum Gasteiger partial charge on any atom is 0.230 e. The fraction of sp³-hybridized carbons (Fsp3) is 0.737. The van der Waals surface area contributed by atoms with Crippen LogP contribution in [0.25, 0.3) is 0 Å². The predicted molar refractivity (Wildman–Crippen MR) is 88.8 cm³/mol. The summed E-state index contributed by atoms with van der Waals surface area (Å²) in [5.41, 5.74) is 1.01. The molecule has 2 aliphatic rings. The highest BCUT2D eigenvalue weighted by atomic mass is 16.2. The fourth-order valence-corrected chi connectivity index (χ4v) is 3.86. The normalized spacial score (nSPS) is 21.2. The number of allylic oxidation sites excluding steroid dienone is 3. The van der Waals surface area contributed by atoms with E-state index in [0.717, 1.165) is 37.8 Å². The summed E-state index contributed by atoms with van der Waals surface area (Å²) in [7, 11) is 0. The summed E-state index contributed by atoms with van der Waals surface area (Å²) in [6.45, 7) is 4.52. The van der Waals surface area contributed by atoms with E-state index >= 15 is 0 Å². The second-order valence-electron chi connectivity index (χ2n) is 6.82. The maximum absolute atomic E-state index is 13.0. The minimum atomic E-state index is -0.100. The fourth-order valence-electron chi connectivity index (χ4n) is 3.86. The van der Waals surface area contributed by atoms with Gasteiger partial charge in [-0.1, -0.05) is 64.2 Å². The third-order valence-electron chi connectivity index (χ3n) is 5.41. The zero-order valence-corrected chi connectivity index (χ0v) is 13.8. The molecular weight excluding hydrogens is 258 g/mol. The average Bonchev–Trinajstić information content (AvgIpc) is 2.54. The van der Waals surface area contributed by atoms with E-state index in [1.807, 2.05) is 0 Å². The first-order valence-corrected chi connectivity index (χ1v) is 8.85. The van der Waals surface area contributed by atoms with E-state index in [0.29, 0.717) is 11.8 Å². The van der Waals surface area contributed by atoms with Crippen molar-refractivity contribution in [3.05, 3.63) is 23.9 Å². The molecule has 1 saturated carbocycles. The van der Waals surface area contributed by atoms with Crippen LogP contribution in [0.4, 0.5) is 0 Å². The highest BCUT2D eigenvalue weighted by Gasteiger charge is 2.40. The van der Waals surface area contributed by atoms with Gasteiger partial charge in [0.1, 0.15) is 0 Å². The molecule has 0 unspecified atom stereocenters. The highest BCUT2D eigenvalue weighted by Crippen LogP contribution is 2.43. The van der Waals surface area contributed by atoms with Gasteiger partial charge in [-0.2, -0.15) is 0 Å². The summed E-state index contributed by atoms with van der Waals surface area (Å²) < 4.78 is 0. The van der Waals surface area contributed by atoms with Crippen LogP contribution in [0.3, 0.4) is 0 Å². The molecule has 2 nitrogen and oxygen atoms in total. The van der Waals surface area contributed by atoms with Crippen LogP contribution >= 0.6 is 0 Å². The standard InChI is InChI=1S/C19H31NO/c1-3-16(4-2)15-19(13-9-6-10-14-19)18(21)20-17-11-7-5-8-12-17/h5,7,12,16H,3-4,6,8-11,13-15H2,1-2H3,(H,20,21). The van der Waals surface area contributed by atoms with Crippen molar-refractivity contribution in [1.82, 2.24) is 5.32 Å². The summed E-state index contributed by atoms with van der Waals surface area (Å²) in [5.74, 6) is 0.990. The van der Waals surface area contributed by atoms with E-state index in [1.165, 1.54) is 32.1 Å². The lowest BCUT2D eigenvalue weighted by atomic mass is 9.67. The molecule has 1 fully saturated rings. The Kier molecular flexibility index (Phi) is 6.08. The molecule has 118 valence electrons. The van der Waals surface area contributed by atoms with Crippen molar-refractivity contribution < 1.29 is 4.79 Å². The van der Waals surface area contributed by atoms with Crippen molar-refractivity contribution >= 4 is 5.91 Å². The maximum atomic E-state index is 13.0. The molecule has 0 atom stereocenters. The van der Waals surface area contributed by atoms with Crippen LogP contribution in [0.5, 0.6) is 0 Å². The first kappa shape index (κ1) is 16.3. The van der Waals surface area contributed by atoms with Gasteiger partial charge in [-0.25, -0.2) is 0 Å². The molecule has 2 aliphatic carbocycles. The van der Waals surface area contributed by atoms with Crippen molar-refractivity contribution in [3.8, 4) is 0 Å². The monoisotopic (exact) mass is 289 g/mol. The van der Waals surface area contributed by atoms with Gasteiger partial charge in [0.05, 0.1) is 0 Å². The topological polar surface area (TPSA) is 29.1 Å². The first-order chi connectivity index (χ1) is 10.2. The Bertz CT molecular complexity index is 398. The van der Waals surface area contributed by atoms with Crippen molar-refractivity contribution in [2.75, 3.05) is 0 Å². The summed E-state index contributed by atoms with van der Waals surface area (Å²) in [6, 6.07) is 0. The second-order valence-corrected chi connectivity index (χ2v) is 6.82. The lowest BCUT2D eigenvalue weighted by Crippen LogP contribution is -2.43. The molecule has 0 heterocycles. The molecule has 21 heavy (non-hydrogen) atoms. The zero-order valence-electron chi connectivity index (χ0n) is 13.8. The SMILES string of the molecule is CCC(CC)CC1(C(=O)NC2=CCC=CC2)CCCCC1. The molecule has 0 saturated heterocycles. The van der Waals surface area contributed by atoms with Crippen LogP contribution in [-0.4, -0.2) is 5.91 Å². The molecule has 0 bridgehead atoms. The van der Waals surface area contributed by atoms with Gasteiger partial charge in [-0.15, -0.1) is 0 Å². The smallest absolute Gasteiger partial charge is 0.230 e. The molecule has 0 radical (unpaired) electrons. The molecule has 0 aromatic carbocycles. The van der Waals surface area contributed by atoms with Crippen molar-refractivity contribution in [3.63, 3.8) is 0 Å². The largest absolute Gasteiger partial charge is 0.329 e. The second kappa shape index (κ2) is 7.82. The van der Waals surface area contributed by atoms with Crippen LogP contribution < -0.4 is 5.32 Å². The molecular formula is C19H31NO. The Morgan fingerprint density at radius 3 is 2.48 bits per heavy atom. The highest BCUT2D eigenvalue weighted by molar-refractivity contribution is 5.84. The van der Waals surface area contributed by atoms with Gasteiger partial charge in [0.2, 0.25) is 5.91 Å². The van der Waals surface area contributed by atoms with Crippen molar-refractivity contribution in [1.29, 1.82) is 0 Å². The van der Waals surface area contributed by atoms with Crippen molar-refractivity contribution in [2.24, 2.45) is 11.3 Å². The van der Waals surface area contributed by atoms with E-state index in [-0.39, 0.29) is 5.41 Å². The van der Waals surface area contributed by atoms with Gasteiger partial charge >= 0.3 is 0 Å². The van der Waals surface area contributed by atoms with Crippen LogP contribution in [0, 0.1) is 11.3 Å². The summed E-state index contributed by atoms with van der Waals surface area (Å²) in [4.78, 5) is 13.0. The summed E-state index contributed by atoms with van der Waals surface area (Å²) in [5, 5.41) is 3.25. The van der Waals surface area contributed by atoms with Crippen LogP contribution in [0.1, 0.15) is 78.1 Å². The van der Waals surface area contributed by atoms with Crippen molar-refractivity contribution in [2.45, 2.75) is 78.1 Å². The molecule has 2 rings (SSSR count). The molecule has 0 aromatic heterocycles. The van der Waals surface area contributed by atoms with Gasteiger partial charge in [-0.3, -0.25) is 4.79 Å². The molecule has 1 amide bonds. The van der Waals surface area contributed by atoms with Gasteiger partial charge in [0.15, 0.2) is 0 Å². The number of rotatable bonds is 6. The summed E-state index contributed by atoms with van der Waals surface area (Å²) >= 11 is 0. The van der Waals surface area contributed by atoms with E-state index in [2.05, 4.69) is 37.4 Å². The lowest BCUT2D eigenvalue weighted by Gasteiger charge is -2.38. The number of hydrogen-bond donors (Lipinski definition) is 1. The van der Waals surface area contributed by atoms with Gasteiger partial charge in [0.25, 0.3) is 0 Å². The average molecular weight is 289 g/mol. The molecule has 1 N–H and O–H groups in total. The third-order valence-corrected chi connectivity index (χ3v) is 5.41. The molecule has 0 spiro atoms. The van der Waals surface area contributed by atoms with E-state index in [1.54, 1.807) is 0 Å². The molecule has 0 aliphatic heterocycles. The van der Waals surface area contributed by atoms with Gasteiger partial charge < -0.3 is 5.32 Å². The minimum absolute atomic E-state index is 0.100. The Morgan fingerprint density at radius 2 is 1.90 bits per heavy atom. The predicted octanol–water partition coefficient (Wildman–Crippen LogP) is 5.11. The van der Waals surface area contributed by atoms with E-state index in [9.17, 15) is 4.79 Å². The van der Waals surface area contributed by atoms with Gasteiger partial charge in [-0.05, 0) is 31.6 Å². The number of hydrogen-bond acceptors (Lipinski definition) is 1. The Morgan fingerprint density at radius 1 is 1.19 bits per heavy atom. The molecule has 0 aromatic rings. The van der Waals surface area contributed by atoms with Gasteiger partial charge in [0, 0.05) is 17.5 Å². The Balaban J connectivity index is 2.06. The zero-order chi connectivity index (χ0) is 15.1. The minimum Gasteiger partial charge on any atom is -0.329 e. The van der Waals surface area contributed by atoms with Crippen LogP contribution in [0.15, 0.2) is 23.9 Å². The van der Waals surface area contributed by atoms with Crippen LogP contribution in [-0.2, 0) is 4.79 Å². The lowest BCUT2D eigenvalue weighted by molar-refractivity contribution is -0.133. The molecule has 2 heteroatoms. The van der Waals surface area contributed by atoms with E-state index in [4.69, 9.17) is 0 Å². The Labute approximate surface area is 130 Å². The third kappa shape index (κ3) is 4.21. The van der Waals surface area contributed by atoms with E-state index < -0.39 is 0 Å². The number of carbonyl (C=O) groups excluding carboxylic acids is 1. The quantitative estimate of drug-likeness (QED) is 0.676. The number of carbonyl (C=O) groups is 1. The number of nitrogens with one attached hydrogen (secondary N) is 1.